The molecule has 1 aromatic carbocycles. The standard InChI is InChI=1S/C20H21N3O4S/c24-18(22-27)7-3-1-2-4-11-23-19(25)17(28-20(23)26)13-14-8-9-16-15(12-14)6-5-10-21-16/h5-6,8-10,12-13,27H,1-4,7,11H2,(H,22,24). The van der Waals surface area contributed by atoms with Crippen LogP contribution in [0.25, 0.3) is 17.0 Å². The highest BCUT2D eigenvalue weighted by Gasteiger charge is 2.34. The highest BCUT2D eigenvalue weighted by atomic mass is 32.2. The largest absolute Gasteiger partial charge is 0.293 e. The minimum absolute atomic E-state index is 0.252. The molecule has 8 heteroatoms. The van der Waals surface area contributed by atoms with Gasteiger partial charge in [-0.15, -0.1) is 0 Å². The number of unbranched alkanes of at least 4 members (excludes halogenated alkanes) is 3. The summed E-state index contributed by atoms with van der Waals surface area (Å²) in [4.78, 5) is 41.6. The second-order valence-corrected chi connectivity index (χ2v) is 7.48. The van der Waals surface area contributed by atoms with Crippen molar-refractivity contribution in [3.8, 4) is 0 Å². The number of fused-ring (bicyclic) bond motifs is 1. The molecular formula is C20H21N3O4S. The summed E-state index contributed by atoms with van der Waals surface area (Å²) in [6.07, 6.45) is 6.68. The van der Waals surface area contributed by atoms with Crippen molar-refractivity contribution in [2.75, 3.05) is 6.54 Å². The predicted molar refractivity (Wildman–Crippen MR) is 107 cm³/mol. The number of benzene rings is 1. The molecule has 0 spiro atoms. The van der Waals surface area contributed by atoms with Gasteiger partial charge in [0.15, 0.2) is 0 Å². The second-order valence-electron chi connectivity index (χ2n) is 6.49. The third-order valence-electron chi connectivity index (χ3n) is 4.46. The summed E-state index contributed by atoms with van der Waals surface area (Å²) in [5.74, 6) is -0.665. The first-order chi connectivity index (χ1) is 13.6. The number of carbonyl (C=O) groups excluding carboxylic acids is 3. The smallest absolute Gasteiger partial charge is 0.289 e. The minimum atomic E-state index is -0.402. The molecule has 0 atom stereocenters. The number of amides is 3. The number of nitrogens with zero attached hydrogens (tertiary/aromatic N) is 2. The summed E-state index contributed by atoms with van der Waals surface area (Å²) in [5.41, 5.74) is 3.33. The van der Waals surface area contributed by atoms with Crippen LogP contribution in [0.15, 0.2) is 41.4 Å². The van der Waals surface area contributed by atoms with Gasteiger partial charge >= 0.3 is 0 Å². The third kappa shape index (κ3) is 4.96. The zero-order valence-electron chi connectivity index (χ0n) is 15.3. The SMILES string of the molecule is O=C(CCCCCCN1C(=O)SC(=Cc2ccc3ncccc3c2)C1=O)NO. The van der Waals surface area contributed by atoms with Crippen LogP contribution in [0, 0.1) is 0 Å². The van der Waals surface area contributed by atoms with Gasteiger partial charge in [0, 0.05) is 24.5 Å². The maximum absolute atomic E-state index is 12.6. The summed E-state index contributed by atoms with van der Waals surface area (Å²) >= 11 is 0.959. The molecule has 28 heavy (non-hydrogen) atoms. The lowest BCUT2D eigenvalue weighted by molar-refractivity contribution is -0.129. The Kier molecular flexibility index (Phi) is 6.78. The maximum Gasteiger partial charge on any atom is 0.293 e. The Labute approximate surface area is 166 Å². The van der Waals surface area contributed by atoms with E-state index in [1.165, 1.54) is 4.90 Å². The third-order valence-corrected chi connectivity index (χ3v) is 5.37. The molecule has 146 valence electrons. The van der Waals surface area contributed by atoms with Gasteiger partial charge in [-0.2, -0.15) is 0 Å². The van der Waals surface area contributed by atoms with E-state index in [4.69, 9.17) is 5.21 Å². The van der Waals surface area contributed by atoms with E-state index in [0.29, 0.717) is 24.3 Å². The number of aromatic nitrogens is 1. The van der Waals surface area contributed by atoms with Crippen LogP contribution in [-0.2, 0) is 9.59 Å². The van der Waals surface area contributed by atoms with Crippen LogP contribution >= 0.6 is 11.8 Å². The number of pyridine rings is 1. The van der Waals surface area contributed by atoms with E-state index in [0.717, 1.165) is 41.1 Å². The van der Waals surface area contributed by atoms with Crippen molar-refractivity contribution in [3.05, 3.63) is 47.0 Å². The number of thioether (sulfide) groups is 1. The molecule has 1 aliphatic heterocycles. The molecule has 2 heterocycles. The number of rotatable bonds is 8. The Morgan fingerprint density at radius 1 is 1.18 bits per heavy atom. The summed E-state index contributed by atoms with van der Waals surface area (Å²) < 4.78 is 0. The van der Waals surface area contributed by atoms with Gasteiger partial charge in [-0.1, -0.05) is 25.0 Å². The van der Waals surface area contributed by atoms with E-state index in [1.54, 1.807) is 17.8 Å². The van der Waals surface area contributed by atoms with Gasteiger partial charge in [-0.3, -0.25) is 29.5 Å². The minimum Gasteiger partial charge on any atom is -0.289 e. The number of hydroxylamine groups is 1. The molecule has 1 aliphatic rings. The van der Waals surface area contributed by atoms with Crippen molar-refractivity contribution in [2.45, 2.75) is 32.1 Å². The first-order valence-electron chi connectivity index (χ1n) is 9.11. The van der Waals surface area contributed by atoms with Crippen molar-refractivity contribution in [2.24, 2.45) is 0 Å². The number of imide groups is 1. The van der Waals surface area contributed by atoms with Gasteiger partial charge in [-0.05, 0) is 54.4 Å². The molecule has 3 amide bonds. The average Bonchev–Trinajstić information content (AvgIpc) is 2.97. The van der Waals surface area contributed by atoms with Gasteiger partial charge in [0.1, 0.15) is 0 Å². The fraction of sp³-hybridized carbons (Fsp3) is 0.300. The lowest BCUT2D eigenvalue weighted by atomic mass is 10.1. The summed E-state index contributed by atoms with van der Waals surface area (Å²) in [6.45, 7) is 0.371. The Morgan fingerprint density at radius 2 is 2.00 bits per heavy atom. The monoisotopic (exact) mass is 399 g/mol. The highest BCUT2D eigenvalue weighted by molar-refractivity contribution is 8.18. The van der Waals surface area contributed by atoms with E-state index in [9.17, 15) is 14.4 Å². The number of hydrogen-bond acceptors (Lipinski definition) is 6. The number of nitrogens with one attached hydrogen (secondary N) is 1. The summed E-state index contributed by atoms with van der Waals surface area (Å²) in [6, 6.07) is 9.53. The molecule has 2 aromatic rings. The predicted octanol–water partition coefficient (Wildman–Crippen LogP) is 3.73. The summed E-state index contributed by atoms with van der Waals surface area (Å²) in [5, 5.41) is 9.16. The lowest BCUT2D eigenvalue weighted by Gasteiger charge is -2.11. The molecule has 1 fully saturated rings. The van der Waals surface area contributed by atoms with Crippen molar-refractivity contribution in [1.82, 2.24) is 15.4 Å². The zero-order chi connectivity index (χ0) is 19.9. The van der Waals surface area contributed by atoms with Gasteiger partial charge in [0.05, 0.1) is 10.4 Å². The maximum atomic E-state index is 12.6. The van der Waals surface area contributed by atoms with E-state index >= 15 is 0 Å². The van der Waals surface area contributed by atoms with E-state index in [-0.39, 0.29) is 17.6 Å². The Balaban J connectivity index is 1.55. The molecule has 0 bridgehead atoms. The first kappa shape index (κ1) is 20.0. The first-order valence-corrected chi connectivity index (χ1v) is 9.93. The Morgan fingerprint density at radius 3 is 2.82 bits per heavy atom. The highest BCUT2D eigenvalue weighted by Crippen LogP contribution is 2.32. The van der Waals surface area contributed by atoms with Gasteiger partial charge in [-0.25, -0.2) is 5.48 Å². The van der Waals surface area contributed by atoms with Crippen LogP contribution in [0.5, 0.6) is 0 Å². The van der Waals surface area contributed by atoms with E-state index in [2.05, 4.69) is 4.98 Å². The molecular weight excluding hydrogens is 378 g/mol. The molecule has 0 aliphatic carbocycles. The molecule has 1 aromatic heterocycles. The van der Waals surface area contributed by atoms with Crippen LogP contribution in [0.1, 0.15) is 37.7 Å². The molecule has 1 saturated heterocycles. The van der Waals surface area contributed by atoms with Crippen LogP contribution < -0.4 is 5.48 Å². The van der Waals surface area contributed by atoms with E-state index < -0.39 is 5.91 Å². The number of carbonyl (C=O) groups is 3. The van der Waals surface area contributed by atoms with Gasteiger partial charge in [0.2, 0.25) is 5.91 Å². The van der Waals surface area contributed by atoms with E-state index in [1.807, 2.05) is 30.3 Å². The van der Waals surface area contributed by atoms with Crippen molar-refractivity contribution >= 4 is 45.8 Å². The van der Waals surface area contributed by atoms with Crippen LogP contribution in [0.2, 0.25) is 0 Å². The van der Waals surface area contributed by atoms with Gasteiger partial charge < -0.3 is 0 Å². The van der Waals surface area contributed by atoms with Crippen molar-refractivity contribution in [1.29, 1.82) is 0 Å². The quantitative estimate of drug-likeness (QED) is 0.304. The molecule has 0 radical (unpaired) electrons. The zero-order valence-corrected chi connectivity index (χ0v) is 16.1. The van der Waals surface area contributed by atoms with Crippen molar-refractivity contribution in [3.63, 3.8) is 0 Å². The average molecular weight is 399 g/mol. The molecule has 2 N–H and O–H groups in total. The Bertz CT molecular complexity index is 929. The van der Waals surface area contributed by atoms with Crippen LogP contribution in [0.4, 0.5) is 4.79 Å². The Hall–Kier alpha value is -2.71. The molecule has 0 unspecified atom stereocenters. The fourth-order valence-corrected chi connectivity index (χ4v) is 3.86. The fourth-order valence-electron chi connectivity index (χ4n) is 2.99. The van der Waals surface area contributed by atoms with Crippen molar-refractivity contribution < 1.29 is 19.6 Å². The topological polar surface area (TPSA) is 99.6 Å². The lowest BCUT2D eigenvalue weighted by Crippen LogP contribution is -2.29. The summed E-state index contributed by atoms with van der Waals surface area (Å²) in [7, 11) is 0. The van der Waals surface area contributed by atoms with Crippen LogP contribution in [0.3, 0.4) is 0 Å². The van der Waals surface area contributed by atoms with Crippen LogP contribution in [-0.4, -0.2) is 38.7 Å². The molecule has 3 rings (SSSR count). The van der Waals surface area contributed by atoms with Gasteiger partial charge in [0.25, 0.3) is 11.1 Å². The number of hydrogen-bond donors (Lipinski definition) is 2. The molecule has 0 saturated carbocycles. The normalized spacial score (nSPS) is 15.6. The molecule has 7 nitrogen and oxygen atoms in total. The second kappa shape index (κ2) is 9.48.